The van der Waals surface area contributed by atoms with E-state index >= 15 is 0 Å². The summed E-state index contributed by atoms with van der Waals surface area (Å²) in [7, 11) is 0. The second-order valence-corrected chi connectivity index (χ2v) is 4.34. The number of ether oxygens (including phenoxy) is 1. The van der Waals surface area contributed by atoms with Gasteiger partial charge in [0.25, 0.3) is 0 Å². The molecule has 0 aromatic heterocycles. The molecule has 2 aromatic rings. The molecule has 2 aromatic carbocycles. The van der Waals surface area contributed by atoms with Crippen LogP contribution in [0.4, 0.5) is 0 Å². The van der Waals surface area contributed by atoms with Gasteiger partial charge in [0.2, 0.25) is 0 Å². The van der Waals surface area contributed by atoms with Crippen molar-refractivity contribution in [1.82, 2.24) is 0 Å². The van der Waals surface area contributed by atoms with Crippen molar-refractivity contribution in [2.45, 2.75) is 0 Å². The third-order valence-electron chi connectivity index (χ3n) is 2.20. The SMILES string of the molecule is N#Cc1cc(Cl)ccc1Oc1ccc(Cl)cc1O. The fourth-order valence-corrected chi connectivity index (χ4v) is 1.71. The Balaban J connectivity index is 2.37. The summed E-state index contributed by atoms with van der Waals surface area (Å²) in [6.07, 6.45) is 0. The molecule has 0 heterocycles. The Labute approximate surface area is 114 Å². The van der Waals surface area contributed by atoms with Gasteiger partial charge in [-0.15, -0.1) is 0 Å². The summed E-state index contributed by atoms with van der Waals surface area (Å²) in [5.41, 5.74) is 0.289. The molecule has 0 aliphatic carbocycles. The lowest BCUT2D eigenvalue weighted by Gasteiger charge is -2.09. The van der Waals surface area contributed by atoms with Crippen LogP contribution in [-0.4, -0.2) is 5.11 Å². The molecule has 90 valence electrons. The van der Waals surface area contributed by atoms with Gasteiger partial charge in [-0.05, 0) is 30.3 Å². The largest absolute Gasteiger partial charge is 0.504 e. The number of benzene rings is 2. The molecule has 0 aliphatic rings. The molecular weight excluding hydrogens is 273 g/mol. The van der Waals surface area contributed by atoms with Crippen molar-refractivity contribution in [3.8, 4) is 23.3 Å². The van der Waals surface area contributed by atoms with E-state index in [9.17, 15) is 5.11 Å². The number of phenols is 1. The molecule has 3 nitrogen and oxygen atoms in total. The standard InChI is InChI=1S/C13H7Cl2NO2/c14-9-1-3-12(8(5-9)7-16)18-13-4-2-10(15)6-11(13)17/h1-6,17H. The Bertz CT molecular complexity index is 635. The van der Waals surface area contributed by atoms with Gasteiger partial charge in [-0.25, -0.2) is 0 Å². The van der Waals surface area contributed by atoms with Crippen LogP contribution in [0, 0.1) is 11.3 Å². The van der Waals surface area contributed by atoms with Gasteiger partial charge in [-0.2, -0.15) is 5.26 Å². The lowest BCUT2D eigenvalue weighted by atomic mass is 10.2. The predicted octanol–water partition coefficient (Wildman–Crippen LogP) is 4.36. The lowest BCUT2D eigenvalue weighted by Crippen LogP contribution is -1.88. The summed E-state index contributed by atoms with van der Waals surface area (Å²) in [6, 6.07) is 11.1. The van der Waals surface area contributed by atoms with E-state index in [0.717, 1.165) is 0 Å². The second kappa shape index (κ2) is 5.18. The van der Waals surface area contributed by atoms with E-state index in [1.165, 1.54) is 18.2 Å². The van der Waals surface area contributed by atoms with Crippen molar-refractivity contribution < 1.29 is 9.84 Å². The van der Waals surface area contributed by atoms with Crippen LogP contribution >= 0.6 is 23.2 Å². The van der Waals surface area contributed by atoms with Crippen LogP contribution in [-0.2, 0) is 0 Å². The third-order valence-corrected chi connectivity index (χ3v) is 2.67. The molecule has 0 saturated carbocycles. The average molecular weight is 280 g/mol. The van der Waals surface area contributed by atoms with Crippen LogP contribution in [0.25, 0.3) is 0 Å². The summed E-state index contributed by atoms with van der Waals surface area (Å²) >= 11 is 11.5. The van der Waals surface area contributed by atoms with Crippen LogP contribution < -0.4 is 4.74 Å². The predicted molar refractivity (Wildman–Crippen MR) is 69.4 cm³/mol. The molecule has 5 heteroatoms. The molecule has 1 N–H and O–H groups in total. The molecule has 0 amide bonds. The maximum atomic E-state index is 9.65. The topological polar surface area (TPSA) is 53.2 Å². The minimum atomic E-state index is -0.0960. The number of nitrogens with zero attached hydrogens (tertiary/aromatic N) is 1. The molecule has 0 bridgehead atoms. The lowest BCUT2D eigenvalue weighted by molar-refractivity contribution is 0.411. The third kappa shape index (κ3) is 2.67. The first-order valence-electron chi connectivity index (χ1n) is 4.96. The number of rotatable bonds is 2. The summed E-state index contributed by atoms with van der Waals surface area (Å²) in [4.78, 5) is 0. The summed E-state index contributed by atoms with van der Waals surface area (Å²) in [5, 5.41) is 19.5. The van der Waals surface area contributed by atoms with Crippen molar-refractivity contribution in [2.75, 3.05) is 0 Å². The molecule has 0 saturated heterocycles. The molecule has 0 unspecified atom stereocenters. The first-order chi connectivity index (χ1) is 8.60. The first-order valence-corrected chi connectivity index (χ1v) is 5.72. The van der Waals surface area contributed by atoms with Crippen LogP contribution in [0.2, 0.25) is 10.0 Å². The number of aromatic hydroxyl groups is 1. The second-order valence-electron chi connectivity index (χ2n) is 3.47. The van der Waals surface area contributed by atoms with Crippen molar-refractivity contribution in [3.05, 3.63) is 52.0 Å². The number of halogens is 2. The summed E-state index contributed by atoms with van der Waals surface area (Å²) < 4.78 is 5.45. The highest BCUT2D eigenvalue weighted by Gasteiger charge is 2.09. The first kappa shape index (κ1) is 12.6. The fourth-order valence-electron chi connectivity index (χ4n) is 1.37. The van der Waals surface area contributed by atoms with Gasteiger partial charge in [0.1, 0.15) is 11.8 Å². The van der Waals surface area contributed by atoms with Gasteiger partial charge in [0.05, 0.1) is 5.56 Å². The summed E-state index contributed by atoms with van der Waals surface area (Å²) in [6.45, 7) is 0. The van der Waals surface area contributed by atoms with Gasteiger partial charge in [0, 0.05) is 16.1 Å². The molecular formula is C13H7Cl2NO2. The molecule has 0 radical (unpaired) electrons. The highest BCUT2D eigenvalue weighted by Crippen LogP contribution is 2.34. The van der Waals surface area contributed by atoms with E-state index in [0.29, 0.717) is 15.8 Å². The Kier molecular flexibility index (Phi) is 3.61. The van der Waals surface area contributed by atoms with Crippen molar-refractivity contribution >= 4 is 23.2 Å². The maximum absolute atomic E-state index is 9.65. The van der Waals surface area contributed by atoms with Crippen molar-refractivity contribution in [1.29, 1.82) is 5.26 Å². The molecule has 2 rings (SSSR count). The molecule has 0 spiro atoms. The quantitative estimate of drug-likeness (QED) is 0.889. The van der Waals surface area contributed by atoms with Crippen LogP contribution in [0.5, 0.6) is 17.2 Å². The van der Waals surface area contributed by atoms with Gasteiger partial charge in [-0.1, -0.05) is 23.2 Å². The van der Waals surface area contributed by atoms with Gasteiger partial charge in [0.15, 0.2) is 11.5 Å². The Morgan fingerprint density at radius 3 is 2.22 bits per heavy atom. The van der Waals surface area contributed by atoms with E-state index in [-0.39, 0.29) is 17.1 Å². The molecule has 0 fully saturated rings. The normalized spacial score (nSPS) is 9.83. The molecule has 18 heavy (non-hydrogen) atoms. The van der Waals surface area contributed by atoms with Gasteiger partial charge >= 0.3 is 0 Å². The van der Waals surface area contributed by atoms with E-state index < -0.39 is 0 Å². The van der Waals surface area contributed by atoms with Crippen LogP contribution in [0.1, 0.15) is 5.56 Å². The maximum Gasteiger partial charge on any atom is 0.169 e. The van der Waals surface area contributed by atoms with E-state index in [1.54, 1.807) is 18.2 Å². The number of nitriles is 1. The van der Waals surface area contributed by atoms with Crippen molar-refractivity contribution in [3.63, 3.8) is 0 Å². The van der Waals surface area contributed by atoms with E-state index in [2.05, 4.69) is 0 Å². The minimum absolute atomic E-state index is 0.0960. The summed E-state index contributed by atoms with van der Waals surface area (Å²) in [5.74, 6) is 0.444. The zero-order valence-corrected chi connectivity index (χ0v) is 10.5. The Hall–Kier alpha value is -1.89. The number of phenolic OH excluding ortho intramolecular Hbond substituents is 1. The van der Waals surface area contributed by atoms with Gasteiger partial charge < -0.3 is 9.84 Å². The molecule has 0 atom stereocenters. The molecule has 0 aliphatic heterocycles. The van der Waals surface area contributed by atoms with E-state index in [4.69, 9.17) is 33.2 Å². The smallest absolute Gasteiger partial charge is 0.169 e. The number of hydrogen-bond acceptors (Lipinski definition) is 3. The van der Waals surface area contributed by atoms with E-state index in [1.807, 2.05) is 6.07 Å². The van der Waals surface area contributed by atoms with Crippen LogP contribution in [0.3, 0.4) is 0 Å². The number of hydrogen-bond donors (Lipinski definition) is 1. The highest BCUT2D eigenvalue weighted by atomic mass is 35.5. The van der Waals surface area contributed by atoms with Gasteiger partial charge in [-0.3, -0.25) is 0 Å². The average Bonchev–Trinajstić information content (AvgIpc) is 2.34. The minimum Gasteiger partial charge on any atom is -0.504 e. The zero-order chi connectivity index (χ0) is 13.1. The highest BCUT2D eigenvalue weighted by molar-refractivity contribution is 6.31. The zero-order valence-electron chi connectivity index (χ0n) is 9.02. The monoisotopic (exact) mass is 279 g/mol. The Morgan fingerprint density at radius 2 is 1.61 bits per heavy atom. The van der Waals surface area contributed by atoms with Crippen LogP contribution in [0.15, 0.2) is 36.4 Å². The van der Waals surface area contributed by atoms with Crippen molar-refractivity contribution in [2.24, 2.45) is 0 Å². The Morgan fingerprint density at radius 1 is 1.00 bits per heavy atom. The fraction of sp³-hybridized carbons (Fsp3) is 0.